The van der Waals surface area contributed by atoms with Crippen molar-refractivity contribution in [2.24, 2.45) is 0 Å². The summed E-state index contributed by atoms with van der Waals surface area (Å²) < 4.78 is 10.3. The van der Waals surface area contributed by atoms with E-state index < -0.39 is 11.7 Å². The van der Waals surface area contributed by atoms with Gasteiger partial charge in [-0.2, -0.15) is 0 Å². The molecule has 2 aromatic carbocycles. The van der Waals surface area contributed by atoms with Gasteiger partial charge in [0.2, 0.25) is 0 Å². The molecule has 0 bridgehead atoms. The molecule has 1 unspecified atom stereocenters. The number of ether oxygens (including phenoxy) is 2. The first kappa shape index (κ1) is 23.9. The number of rotatable bonds is 6. The first-order valence-electron chi connectivity index (χ1n) is 12.1. The van der Waals surface area contributed by atoms with Gasteiger partial charge in [0, 0.05) is 50.4 Å². The van der Waals surface area contributed by atoms with Crippen molar-refractivity contribution in [3.05, 3.63) is 68.8 Å². The molecule has 0 spiro atoms. The molecule has 0 radical (unpaired) electrons. The third-order valence-corrected chi connectivity index (χ3v) is 7.74. The van der Waals surface area contributed by atoms with Crippen LogP contribution in [0.2, 0.25) is 0 Å². The number of hydrogen-bond acceptors (Lipinski definition) is 8. The molecule has 0 saturated carbocycles. The number of benzene rings is 2. The van der Waals surface area contributed by atoms with Crippen molar-refractivity contribution in [3.63, 3.8) is 0 Å². The topological polar surface area (TPSA) is 99.5 Å². The van der Waals surface area contributed by atoms with Gasteiger partial charge >= 0.3 is 11.9 Å². The third kappa shape index (κ3) is 4.36. The average Bonchev–Trinajstić information content (AvgIpc) is 3.39. The van der Waals surface area contributed by atoms with Crippen LogP contribution in [0.5, 0.6) is 0 Å². The molecule has 8 nitrogen and oxygen atoms in total. The normalized spacial score (nSPS) is 20.7. The number of aliphatic hydroxyl groups excluding tert-OH is 1. The van der Waals surface area contributed by atoms with E-state index in [0.29, 0.717) is 24.2 Å². The lowest BCUT2D eigenvalue weighted by Crippen LogP contribution is -2.51. The van der Waals surface area contributed by atoms with Crippen LogP contribution in [0.25, 0.3) is 0 Å². The van der Waals surface area contributed by atoms with Gasteiger partial charge in [0.05, 0.1) is 22.8 Å². The van der Waals surface area contributed by atoms with Crippen LogP contribution in [0.3, 0.4) is 0 Å². The number of hydrogen-bond donors (Lipinski definition) is 2. The number of nitrogens with zero attached hydrogens (tertiary/aromatic N) is 2. The molecular formula is C27H32N2O6. The predicted molar refractivity (Wildman–Crippen MR) is 128 cm³/mol. The van der Waals surface area contributed by atoms with Gasteiger partial charge in [-0.05, 0) is 55.2 Å². The van der Waals surface area contributed by atoms with Gasteiger partial charge in [0.1, 0.15) is 13.2 Å². The fourth-order valence-electron chi connectivity index (χ4n) is 5.66. The van der Waals surface area contributed by atoms with Crippen molar-refractivity contribution >= 4 is 11.9 Å². The number of carbonyl (C=O) groups is 2. The molecule has 0 aliphatic carbocycles. The number of aliphatic hydroxyl groups is 2. The number of cyclic esters (lactones) is 2. The van der Waals surface area contributed by atoms with E-state index in [1.165, 1.54) is 0 Å². The molecule has 1 fully saturated rings. The van der Waals surface area contributed by atoms with Crippen LogP contribution < -0.4 is 0 Å². The molecule has 0 amide bonds. The monoisotopic (exact) mass is 480 g/mol. The minimum absolute atomic E-state index is 0.262. The van der Waals surface area contributed by atoms with Crippen LogP contribution in [-0.2, 0) is 28.3 Å². The van der Waals surface area contributed by atoms with Crippen LogP contribution in [-0.4, -0.2) is 71.2 Å². The number of β-amino-alcohol motifs (C(OH)–C–C–N with tert-alkyl or cyclic N) is 2. The maximum Gasteiger partial charge on any atom is 0.338 e. The molecule has 2 atom stereocenters. The maximum atomic E-state index is 11.8. The zero-order chi connectivity index (χ0) is 24.9. The van der Waals surface area contributed by atoms with E-state index in [1.807, 2.05) is 32.9 Å². The first-order chi connectivity index (χ1) is 16.7. The smallest absolute Gasteiger partial charge is 0.338 e. The molecule has 3 heterocycles. The van der Waals surface area contributed by atoms with E-state index in [9.17, 15) is 19.8 Å². The molecule has 35 heavy (non-hydrogen) atoms. The zero-order valence-electron chi connectivity index (χ0n) is 20.5. The Bertz CT molecular complexity index is 1180. The lowest BCUT2D eigenvalue weighted by molar-refractivity contribution is -0.00546. The highest BCUT2D eigenvalue weighted by atomic mass is 16.5. The second kappa shape index (κ2) is 9.02. The van der Waals surface area contributed by atoms with Crippen LogP contribution in [0.4, 0.5) is 0 Å². The summed E-state index contributed by atoms with van der Waals surface area (Å²) in [5.41, 5.74) is 5.35. The Morgan fingerprint density at radius 2 is 1.43 bits per heavy atom. The van der Waals surface area contributed by atoms with Gasteiger partial charge in [-0.25, -0.2) is 9.59 Å². The maximum absolute atomic E-state index is 11.8. The van der Waals surface area contributed by atoms with E-state index in [0.717, 1.165) is 59.6 Å². The summed E-state index contributed by atoms with van der Waals surface area (Å²) in [6.45, 7) is 10.3. The minimum Gasteiger partial charge on any atom is -0.457 e. The Morgan fingerprint density at radius 3 is 2.06 bits per heavy atom. The summed E-state index contributed by atoms with van der Waals surface area (Å²) >= 11 is 0. The van der Waals surface area contributed by atoms with Crippen LogP contribution in [0, 0.1) is 13.8 Å². The molecule has 8 heteroatoms. The lowest BCUT2D eigenvalue weighted by Gasteiger charge is -2.39. The highest BCUT2D eigenvalue weighted by Gasteiger charge is 2.33. The molecule has 0 aromatic heterocycles. The Kier molecular flexibility index (Phi) is 6.17. The van der Waals surface area contributed by atoms with Crippen molar-refractivity contribution in [2.75, 3.05) is 39.3 Å². The minimum atomic E-state index is -1.06. The number of fused-ring (bicyclic) bond motifs is 2. The average molecular weight is 481 g/mol. The molecule has 3 aliphatic heterocycles. The van der Waals surface area contributed by atoms with Gasteiger partial charge < -0.3 is 19.7 Å². The number of piperazine rings is 1. The molecule has 3 aliphatic rings. The molecular weight excluding hydrogens is 448 g/mol. The highest BCUT2D eigenvalue weighted by molar-refractivity contribution is 5.94. The SMILES string of the molecule is Cc1c([C@@H](O)CN2CCN(CC(C)(O)c3ccc4c(c3C)COC4=O)CC2)ccc2c1COC2=O. The molecule has 186 valence electrons. The first-order valence-corrected chi connectivity index (χ1v) is 12.1. The van der Waals surface area contributed by atoms with E-state index in [1.54, 1.807) is 12.1 Å². The van der Waals surface area contributed by atoms with Crippen LogP contribution in [0.1, 0.15) is 67.1 Å². The van der Waals surface area contributed by atoms with Crippen molar-refractivity contribution in [1.29, 1.82) is 0 Å². The fourth-order valence-corrected chi connectivity index (χ4v) is 5.66. The molecule has 2 aromatic rings. The number of carbonyl (C=O) groups excluding carboxylic acids is 2. The highest BCUT2D eigenvalue weighted by Crippen LogP contribution is 2.33. The van der Waals surface area contributed by atoms with Crippen molar-refractivity contribution < 1.29 is 29.3 Å². The van der Waals surface area contributed by atoms with E-state index >= 15 is 0 Å². The van der Waals surface area contributed by atoms with Gasteiger partial charge in [0.15, 0.2) is 0 Å². The lowest BCUT2D eigenvalue weighted by atomic mass is 9.87. The second-order valence-electron chi connectivity index (χ2n) is 10.1. The summed E-state index contributed by atoms with van der Waals surface area (Å²) in [4.78, 5) is 28.1. The van der Waals surface area contributed by atoms with E-state index in [4.69, 9.17) is 9.47 Å². The molecule has 5 rings (SSSR count). The van der Waals surface area contributed by atoms with Gasteiger partial charge in [-0.1, -0.05) is 12.1 Å². The second-order valence-corrected chi connectivity index (χ2v) is 10.1. The summed E-state index contributed by atoms with van der Waals surface area (Å²) in [7, 11) is 0. The number of esters is 2. The fraction of sp³-hybridized carbons (Fsp3) is 0.481. The molecule has 2 N–H and O–H groups in total. The summed E-state index contributed by atoms with van der Waals surface area (Å²) in [5, 5.41) is 22.3. The van der Waals surface area contributed by atoms with E-state index in [2.05, 4.69) is 9.80 Å². The Hall–Kier alpha value is -2.78. The predicted octanol–water partition coefficient (Wildman–Crippen LogP) is 2.20. The Labute approximate surface area is 205 Å². The zero-order valence-corrected chi connectivity index (χ0v) is 20.5. The van der Waals surface area contributed by atoms with Crippen LogP contribution in [0.15, 0.2) is 24.3 Å². The van der Waals surface area contributed by atoms with Crippen LogP contribution >= 0.6 is 0 Å². The largest absolute Gasteiger partial charge is 0.457 e. The summed E-state index contributed by atoms with van der Waals surface area (Å²) in [6.07, 6.45) is -0.648. The van der Waals surface area contributed by atoms with Gasteiger partial charge in [-0.15, -0.1) is 0 Å². The summed E-state index contributed by atoms with van der Waals surface area (Å²) in [6, 6.07) is 7.17. The van der Waals surface area contributed by atoms with Crippen molar-refractivity contribution in [1.82, 2.24) is 9.80 Å². The third-order valence-electron chi connectivity index (χ3n) is 7.74. The van der Waals surface area contributed by atoms with Gasteiger partial charge in [0.25, 0.3) is 0 Å². The standard InChI is InChI=1S/C27H32N2O6/c1-16-18(4-5-19-21(16)13-34-25(19)31)24(30)12-28-8-10-29(11-9-28)15-27(3,33)23-7-6-20-22(17(23)2)14-35-26(20)32/h4-7,24,30,33H,8-15H2,1-3H3/t24-,27?/m0/s1. The quantitative estimate of drug-likeness (QED) is 0.607. The summed E-state index contributed by atoms with van der Waals surface area (Å²) in [5.74, 6) is -0.599. The van der Waals surface area contributed by atoms with Crippen molar-refractivity contribution in [2.45, 2.75) is 45.7 Å². The van der Waals surface area contributed by atoms with E-state index in [-0.39, 0.29) is 25.2 Å². The molecule has 1 saturated heterocycles. The Morgan fingerprint density at radius 1 is 0.886 bits per heavy atom. The van der Waals surface area contributed by atoms with Gasteiger partial charge in [-0.3, -0.25) is 9.80 Å². The Balaban J connectivity index is 1.19. The van der Waals surface area contributed by atoms with Crippen molar-refractivity contribution in [3.8, 4) is 0 Å².